The second-order valence-electron chi connectivity index (χ2n) is 10.00. The van der Waals surface area contributed by atoms with E-state index in [1.54, 1.807) is 5.19 Å². The van der Waals surface area contributed by atoms with Crippen LogP contribution < -0.4 is 5.19 Å². The predicted octanol–water partition coefficient (Wildman–Crippen LogP) is 8.54. The Balaban J connectivity index is 1.44. The molecule has 0 aromatic heterocycles. The lowest BCUT2D eigenvalue weighted by Gasteiger charge is -2.39. The Bertz CT molecular complexity index is 1030. The smallest absolute Gasteiger partial charge is 0.187 e. The Hall–Kier alpha value is -2.46. The summed E-state index contributed by atoms with van der Waals surface area (Å²) in [4.78, 5) is 0. The van der Waals surface area contributed by atoms with E-state index < -0.39 is 25.5 Å². The lowest BCUT2D eigenvalue weighted by Crippen LogP contribution is -2.49. The Kier molecular flexibility index (Phi) is 8.20. The summed E-state index contributed by atoms with van der Waals surface area (Å²) in [5.74, 6) is -2.22. The standard InChI is InChI=1S/C30H36F2OSi/c1-2-3-4-5-9-18-34(27-10-7-6-8-11-27)19-16-25(17-20-34)23-12-14-24(15-13-23)26-21-28(31)30(33)29(32)22-26/h6-8,10-15,21-22,25,33H,2-5,9,16-20H2,1H3. The van der Waals surface area contributed by atoms with E-state index in [4.69, 9.17) is 0 Å². The number of benzene rings is 3. The molecule has 0 radical (unpaired) electrons. The van der Waals surface area contributed by atoms with Gasteiger partial charge in [-0.25, -0.2) is 8.78 Å². The van der Waals surface area contributed by atoms with E-state index in [-0.39, 0.29) is 0 Å². The van der Waals surface area contributed by atoms with Gasteiger partial charge in [0.15, 0.2) is 17.4 Å². The Morgan fingerprint density at radius 3 is 2.03 bits per heavy atom. The summed E-state index contributed by atoms with van der Waals surface area (Å²) in [5.41, 5.74) is 2.53. The summed E-state index contributed by atoms with van der Waals surface area (Å²) in [6.45, 7) is 2.27. The van der Waals surface area contributed by atoms with Crippen molar-refractivity contribution in [1.82, 2.24) is 0 Å². The molecule has 1 saturated heterocycles. The lowest BCUT2D eigenvalue weighted by molar-refractivity contribution is 0.396. The van der Waals surface area contributed by atoms with E-state index in [1.165, 1.54) is 80.8 Å². The van der Waals surface area contributed by atoms with Gasteiger partial charge in [0, 0.05) is 0 Å². The topological polar surface area (TPSA) is 20.2 Å². The molecule has 0 spiro atoms. The zero-order valence-corrected chi connectivity index (χ0v) is 21.2. The maximum atomic E-state index is 13.8. The van der Waals surface area contributed by atoms with Crippen molar-refractivity contribution in [3.05, 3.63) is 83.9 Å². The van der Waals surface area contributed by atoms with Crippen molar-refractivity contribution in [2.75, 3.05) is 0 Å². The molecule has 0 saturated carbocycles. The predicted molar refractivity (Wildman–Crippen MR) is 140 cm³/mol. The van der Waals surface area contributed by atoms with Crippen LogP contribution in [0.25, 0.3) is 11.1 Å². The highest BCUT2D eigenvalue weighted by Crippen LogP contribution is 2.41. The molecule has 1 heterocycles. The van der Waals surface area contributed by atoms with Crippen LogP contribution in [0, 0.1) is 11.6 Å². The second-order valence-corrected chi connectivity index (χ2v) is 14.6. The number of hydrogen-bond donors (Lipinski definition) is 1. The highest BCUT2D eigenvalue weighted by atomic mass is 28.3. The number of aromatic hydroxyl groups is 1. The molecule has 4 heteroatoms. The van der Waals surface area contributed by atoms with Crippen LogP contribution in [0.2, 0.25) is 18.1 Å². The first-order chi connectivity index (χ1) is 16.5. The number of unbranched alkanes of at least 4 members (excludes halogenated alkanes) is 4. The third-order valence-electron chi connectivity index (χ3n) is 7.82. The van der Waals surface area contributed by atoms with Crippen LogP contribution in [0.1, 0.15) is 63.4 Å². The van der Waals surface area contributed by atoms with Crippen molar-refractivity contribution in [3.63, 3.8) is 0 Å². The Morgan fingerprint density at radius 1 is 0.794 bits per heavy atom. The van der Waals surface area contributed by atoms with Gasteiger partial charge in [0.1, 0.15) is 0 Å². The van der Waals surface area contributed by atoms with Crippen LogP contribution in [0.3, 0.4) is 0 Å². The molecule has 3 aromatic rings. The van der Waals surface area contributed by atoms with Crippen LogP contribution in [0.5, 0.6) is 5.75 Å². The van der Waals surface area contributed by atoms with Gasteiger partial charge in [0.2, 0.25) is 0 Å². The summed E-state index contributed by atoms with van der Waals surface area (Å²) in [5, 5.41) is 11.0. The SMILES string of the molecule is CCCCCCC[Si]1(c2ccccc2)CCC(c2ccc(-c3cc(F)c(O)c(F)c3)cc2)CC1. The van der Waals surface area contributed by atoms with E-state index >= 15 is 0 Å². The van der Waals surface area contributed by atoms with Gasteiger partial charge in [-0.3, -0.25) is 0 Å². The van der Waals surface area contributed by atoms with Crippen molar-refractivity contribution >= 4 is 13.3 Å². The van der Waals surface area contributed by atoms with Crippen LogP contribution in [0.15, 0.2) is 66.7 Å². The minimum atomic E-state index is -1.48. The minimum Gasteiger partial charge on any atom is -0.503 e. The van der Waals surface area contributed by atoms with Gasteiger partial charge in [-0.2, -0.15) is 0 Å². The first kappa shape index (κ1) is 24.7. The van der Waals surface area contributed by atoms with Gasteiger partial charge in [0.05, 0.1) is 8.07 Å². The third kappa shape index (κ3) is 5.60. The van der Waals surface area contributed by atoms with Crippen LogP contribution >= 0.6 is 0 Å². The minimum absolute atomic E-state index is 0.446. The fourth-order valence-corrected chi connectivity index (χ4v) is 11.0. The maximum Gasteiger partial charge on any atom is 0.187 e. The Labute approximate surface area is 203 Å². The average Bonchev–Trinajstić information content (AvgIpc) is 2.88. The van der Waals surface area contributed by atoms with Crippen molar-refractivity contribution in [1.29, 1.82) is 0 Å². The summed E-state index contributed by atoms with van der Waals surface area (Å²) in [6, 6.07) is 25.9. The molecule has 180 valence electrons. The number of phenols is 1. The zero-order valence-electron chi connectivity index (χ0n) is 20.2. The number of rotatable bonds is 9. The molecule has 1 N–H and O–H groups in total. The Morgan fingerprint density at radius 2 is 1.41 bits per heavy atom. The number of hydrogen-bond acceptors (Lipinski definition) is 1. The van der Waals surface area contributed by atoms with Gasteiger partial charge >= 0.3 is 0 Å². The van der Waals surface area contributed by atoms with E-state index in [0.29, 0.717) is 11.5 Å². The quantitative estimate of drug-likeness (QED) is 0.241. The van der Waals surface area contributed by atoms with Crippen molar-refractivity contribution in [2.24, 2.45) is 0 Å². The van der Waals surface area contributed by atoms with E-state index in [9.17, 15) is 13.9 Å². The lowest BCUT2D eigenvalue weighted by atomic mass is 9.92. The van der Waals surface area contributed by atoms with Crippen LogP contribution in [-0.2, 0) is 0 Å². The fraction of sp³-hybridized carbons (Fsp3) is 0.400. The number of halogens is 2. The zero-order chi connectivity index (χ0) is 24.0. The van der Waals surface area contributed by atoms with Crippen LogP contribution in [-0.4, -0.2) is 13.2 Å². The molecular weight excluding hydrogens is 442 g/mol. The van der Waals surface area contributed by atoms with Gasteiger partial charge in [0.25, 0.3) is 0 Å². The molecule has 1 nitrogen and oxygen atoms in total. The molecule has 1 aliphatic rings. The van der Waals surface area contributed by atoms with E-state index in [2.05, 4.69) is 49.4 Å². The first-order valence-corrected chi connectivity index (χ1v) is 15.5. The molecule has 4 rings (SSSR count). The molecule has 0 amide bonds. The van der Waals surface area contributed by atoms with Crippen molar-refractivity contribution in [3.8, 4) is 16.9 Å². The van der Waals surface area contributed by atoms with Gasteiger partial charge in [-0.1, -0.05) is 117 Å². The normalized spacial score (nSPS) is 20.4. The van der Waals surface area contributed by atoms with E-state index in [0.717, 1.165) is 5.56 Å². The monoisotopic (exact) mass is 478 g/mol. The van der Waals surface area contributed by atoms with Gasteiger partial charge < -0.3 is 5.11 Å². The third-order valence-corrected chi connectivity index (χ3v) is 13.2. The first-order valence-electron chi connectivity index (χ1n) is 12.9. The molecule has 0 bridgehead atoms. The average molecular weight is 479 g/mol. The fourth-order valence-electron chi connectivity index (χ4n) is 5.73. The largest absolute Gasteiger partial charge is 0.503 e. The van der Waals surface area contributed by atoms with Crippen molar-refractivity contribution in [2.45, 2.75) is 75.9 Å². The molecule has 1 aliphatic heterocycles. The van der Waals surface area contributed by atoms with Gasteiger partial charge in [-0.15, -0.1) is 0 Å². The summed E-state index contributed by atoms with van der Waals surface area (Å²) in [7, 11) is -1.48. The summed E-state index contributed by atoms with van der Waals surface area (Å²) < 4.78 is 27.5. The number of phenolic OH excluding ortho intramolecular Hbond substituents is 1. The summed E-state index contributed by atoms with van der Waals surface area (Å²) >= 11 is 0. The molecular formula is C30H36F2OSi. The molecule has 34 heavy (non-hydrogen) atoms. The van der Waals surface area contributed by atoms with Crippen molar-refractivity contribution < 1.29 is 13.9 Å². The molecule has 0 unspecified atom stereocenters. The molecule has 0 aliphatic carbocycles. The van der Waals surface area contributed by atoms with Gasteiger partial charge in [-0.05, 0) is 47.6 Å². The molecule has 0 atom stereocenters. The highest BCUT2D eigenvalue weighted by Gasteiger charge is 2.38. The maximum absolute atomic E-state index is 13.8. The summed E-state index contributed by atoms with van der Waals surface area (Å²) in [6.07, 6.45) is 9.16. The van der Waals surface area contributed by atoms with Crippen LogP contribution in [0.4, 0.5) is 8.78 Å². The molecule has 1 fully saturated rings. The van der Waals surface area contributed by atoms with E-state index in [1.807, 2.05) is 12.1 Å². The second kappa shape index (κ2) is 11.3. The molecule has 3 aromatic carbocycles. The highest BCUT2D eigenvalue weighted by molar-refractivity contribution is 6.92.